The fourth-order valence-corrected chi connectivity index (χ4v) is 3.45. The maximum Gasteiger partial charge on any atom is 0.490 e. The summed E-state index contributed by atoms with van der Waals surface area (Å²) in [5.41, 5.74) is -0.387. The number of benzene rings is 2. The van der Waals surface area contributed by atoms with Gasteiger partial charge in [0, 0.05) is 30.2 Å². The van der Waals surface area contributed by atoms with E-state index in [1.165, 1.54) is 24.4 Å². The molecule has 0 bridgehead atoms. The molecule has 3 N–H and O–H groups in total. The molecule has 8 nitrogen and oxygen atoms in total. The van der Waals surface area contributed by atoms with Gasteiger partial charge in [-0.15, -0.1) is 0 Å². The van der Waals surface area contributed by atoms with Gasteiger partial charge < -0.3 is 15.7 Å². The van der Waals surface area contributed by atoms with Crippen molar-refractivity contribution < 1.29 is 45.8 Å². The Balaban J connectivity index is 0.000000616. The Bertz CT molecular complexity index is 1550. The van der Waals surface area contributed by atoms with Crippen LogP contribution in [0.2, 0.25) is 0 Å². The molecule has 218 valence electrons. The van der Waals surface area contributed by atoms with E-state index in [-0.39, 0.29) is 23.5 Å². The van der Waals surface area contributed by atoms with Gasteiger partial charge in [0.2, 0.25) is 0 Å². The van der Waals surface area contributed by atoms with Crippen molar-refractivity contribution in [3.05, 3.63) is 114 Å². The third kappa shape index (κ3) is 8.61. The summed E-state index contributed by atoms with van der Waals surface area (Å²) in [5.74, 6) is -4.15. The van der Waals surface area contributed by atoms with Gasteiger partial charge in [-0.2, -0.15) is 26.3 Å². The Morgan fingerprint density at radius 1 is 0.762 bits per heavy atom. The number of carbonyl (C=O) groups excluding carboxylic acids is 2. The highest BCUT2D eigenvalue weighted by Crippen LogP contribution is 2.36. The van der Waals surface area contributed by atoms with Gasteiger partial charge in [-0.3, -0.25) is 19.6 Å². The molecule has 0 aliphatic heterocycles. The monoisotopic (exact) mass is 590 g/mol. The van der Waals surface area contributed by atoms with Crippen LogP contribution < -0.4 is 10.6 Å². The van der Waals surface area contributed by atoms with Gasteiger partial charge in [-0.25, -0.2) is 4.79 Å². The molecule has 2 amide bonds. The third-order valence-corrected chi connectivity index (χ3v) is 5.31. The number of carbonyl (C=O) groups is 3. The van der Waals surface area contributed by atoms with E-state index < -0.39 is 41.3 Å². The van der Waals surface area contributed by atoms with Crippen LogP contribution in [0.1, 0.15) is 32.0 Å². The quantitative estimate of drug-likeness (QED) is 0.238. The number of hydrogen-bond acceptors (Lipinski definition) is 5. The molecule has 0 spiro atoms. The maximum absolute atomic E-state index is 13.8. The normalized spacial score (nSPS) is 11.1. The number of nitrogens with zero attached hydrogens (tertiary/aromatic N) is 2. The summed E-state index contributed by atoms with van der Waals surface area (Å²) in [5, 5.41) is 12.3. The first-order valence-electron chi connectivity index (χ1n) is 11.8. The van der Waals surface area contributed by atoms with Crippen LogP contribution in [0.15, 0.2) is 91.3 Å². The minimum absolute atomic E-state index is 0.0471. The zero-order chi connectivity index (χ0) is 30.9. The Morgan fingerprint density at radius 2 is 1.43 bits per heavy atom. The molecule has 2 aromatic heterocycles. The van der Waals surface area contributed by atoms with Crippen LogP contribution in [0.3, 0.4) is 0 Å². The van der Waals surface area contributed by atoms with E-state index in [0.29, 0.717) is 5.69 Å². The number of aliphatic carboxylic acids is 1. The first kappa shape index (κ1) is 31.3. The lowest BCUT2D eigenvalue weighted by molar-refractivity contribution is -0.192. The summed E-state index contributed by atoms with van der Waals surface area (Å²) in [6.07, 6.45) is -7.38. The standard InChI is InChI=1S/C26H19F3N4O2.C2HF3O2/c27-26(28,29)20-12-14-31-23(22(20)25(35)32-16-17-7-2-1-3-8-17)18-9-6-10-19(15-18)33-24(34)21-11-4-5-13-30-21;3-2(4,5)1(6)7/h1-15H,16H2,(H,32,35)(H,33,34);(H,6,7). The highest BCUT2D eigenvalue weighted by atomic mass is 19.4. The second-order valence-electron chi connectivity index (χ2n) is 8.30. The first-order chi connectivity index (χ1) is 19.8. The lowest BCUT2D eigenvalue weighted by Crippen LogP contribution is -2.27. The first-order valence-corrected chi connectivity index (χ1v) is 11.8. The second-order valence-corrected chi connectivity index (χ2v) is 8.30. The molecule has 0 aliphatic rings. The van der Waals surface area contributed by atoms with Crippen LogP contribution in [-0.2, 0) is 17.5 Å². The van der Waals surface area contributed by atoms with E-state index in [9.17, 15) is 35.9 Å². The minimum atomic E-state index is -5.08. The molecule has 14 heteroatoms. The smallest absolute Gasteiger partial charge is 0.475 e. The summed E-state index contributed by atoms with van der Waals surface area (Å²) in [4.78, 5) is 42.4. The van der Waals surface area contributed by atoms with E-state index >= 15 is 0 Å². The van der Waals surface area contributed by atoms with Gasteiger partial charge in [-0.1, -0.05) is 48.5 Å². The molecular formula is C28H20F6N4O4. The highest BCUT2D eigenvalue weighted by molar-refractivity contribution is 6.04. The van der Waals surface area contributed by atoms with Crippen LogP contribution in [-0.4, -0.2) is 39.0 Å². The van der Waals surface area contributed by atoms with Crippen molar-refractivity contribution in [3.8, 4) is 11.3 Å². The molecular weight excluding hydrogens is 570 g/mol. The number of carboxylic acid groups (broad SMARTS) is 1. The number of rotatable bonds is 6. The Hall–Kier alpha value is -5.27. The van der Waals surface area contributed by atoms with E-state index in [4.69, 9.17) is 9.90 Å². The summed E-state index contributed by atoms with van der Waals surface area (Å²) in [6.45, 7) is 0.0471. The Labute approximate surface area is 234 Å². The fraction of sp³-hybridized carbons (Fsp3) is 0.107. The molecule has 0 atom stereocenters. The lowest BCUT2D eigenvalue weighted by Gasteiger charge is -2.17. The van der Waals surface area contributed by atoms with Crippen molar-refractivity contribution in [2.45, 2.75) is 18.9 Å². The number of alkyl halides is 6. The molecule has 0 unspecified atom stereocenters. The number of amides is 2. The van der Waals surface area contributed by atoms with E-state index in [1.54, 1.807) is 54.6 Å². The van der Waals surface area contributed by atoms with E-state index in [1.807, 2.05) is 0 Å². The summed E-state index contributed by atoms with van der Waals surface area (Å²) < 4.78 is 73.2. The number of hydrogen-bond donors (Lipinski definition) is 3. The molecule has 42 heavy (non-hydrogen) atoms. The lowest BCUT2D eigenvalue weighted by atomic mass is 9.99. The molecule has 0 fully saturated rings. The van der Waals surface area contributed by atoms with Crippen molar-refractivity contribution in [2.24, 2.45) is 0 Å². The molecule has 0 aliphatic carbocycles. The third-order valence-electron chi connectivity index (χ3n) is 5.31. The largest absolute Gasteiger partial charge is 0.490 e. The van der Waals surface area contributed by atoms with Gasteiger partial charge in [0.05, 0.1) is 16.8 Å². The molecule has 0 saturated carbocycles. The average Bonchev–Trinajstić information content (AvgIpc) is 2.96. The number of pyridine rings is 2. The average molecular weight is 590 g/mol. The van der Waals surface area contributed by atoms with Crippen LogP contribution in [0.5, 0.6) is 0 Å². The number of aromatic nitrogens is 2. The zero-order valence-corrected chi connectivity index (χ0v) is 21.2. The fourth-order valence-electron chi connectivity index (χ4n) is 3.45. The number of halogens is 6. The van der Waals surface area contributed by atoms with Crippen LogP contribution in [0.4, 0.5) is 32.0 Å². The van der Waals surface area contributed by atoms with Crippen LogP contribution >= 0.6 is 0 Å². The topological polar surface area (TPSA) is 121 Å². The summed E-state index contributed by atoms with van der Waals surface area (Å²) in [7, 11) is 0. The second kappa shape index (κ2) is 13.4. The molecule has 4 rings (SSSR count). The van der Waals surface area contributed by atoms with Crippen molar-refractivity contribution in [2.75, 3.05) is 5.32 Å². The van der Waals surface area contributed by atoms with Gasteiger partial charge in [0.15, 0.2) is 0 Å². The predicted octanol–water partition coefficient (Wildman–Crippen LogP) is 5.98. The summed E-state index contributed by atoms with van der Waals surface area (Å²) in [6, 6.07) is 20.6. The summed E-state index contributed by atoms with van der Waals surface area (Å²) >= 11 is 0. The molecule has 4 aromatic rings. The van der Waals surface area contributed by atoms with Crippen molar-refractivity contribution in [1.29, 1.82) is 0 Å². The Morgan fingerprint density at radius 3 is 2.02 bits per heavy atom. The zero-order valence-electron chi connectivity index (χ0n) is 21.2. The van der Waals surface area contributed by atoms with Gasteiger partial charge in [0.25, 0.3) is 11.8 Å². The number of nitrogens with one attached hydrogen (secondary N) is 2. The molecule has 0 radical (unpaired) electrons. The molecule has 0 saturated heterocycles. The maximum atomic E-state index is 13.8. The molecule has 2 heterocycles. The van der Waals surface area contributed by atoms with Gasteiger partial charge in [-0.05, 0) is 35.9 Å². The van der Waals surface area contributed by atoms with E-state index in [2.05, 4.69) is 20.6 Å². The minimum Gasteiger partial charge on any atom is -0.475 e. The van der Waals surface area contributed by atoms with Gasteiger partial charge >= 0.3 is 18.3 Å². The SMILES string of the molecule is O=C(Nc1cccc(-c2nccc(C(F)(F)F)c2C(=O)NCc2ccccc2)c1)c1ccccn1.O=C(O)C(F)(F)F. The van der Waals surface area contributed by atoms with Crippen molar-refractivity contribution >= 4 is 23.5 Å². The van der Waals surface area contributed by atoms with Crippen molar-refractivity contribution in [1.82, 2.24) is 15.3 Å². The van der Waals surface area contributed by atoms with Crippen LogP contribution in [0, 0.1) is 0 Å². The number of carboxylic acids is 1. The molecule has 2 aromatic carbocycles. The van der Waals surface area contributed by atoms with Crippen LogP contribution in [0.25, 0.3) is 11.3 Å². The van der Waals surface area contributed by atoms with Gasteiger partial charge in [0.1, 0.15) is 5.69 Å². The number of anilines is 1. The highest BCUT2D eigenvalue weighted by Gasteiger charge is 2.38. The van der Waals surface area contributed by atoms with E-state index in [0.717, 1.165) is 17.8 Å². The Kier molecular flexibility index (Phi) is 9.97. The van der Waals surface area contributed by atoms with Crippen molar-refractivity contribution in [3.63, 3.8) is 0 Å². The predicted molar refractivity (Wildman–Crippen MR) is 138 cm³/mol.